The van der Waals surface area contributed by atoms with Gasteiger partial charge in [-0.2, -0.15) is 5.10 Å². The highest BCUT2D eigenvalue weighted by molar-refractivity contribution is 7.90. The van der Waals surface area contributed by atoms with Crippen LogP contribution in [0.25, 0.3) is 5.69 Å². The molecule has 0 aliphatic heterocycles. The van der Waals surface area contributed by atoms with Gasteiger partial charge in [0.15, 0.2) is 0 Å². The van der Waals surface area contributed by atoms with Gasteiger partial charge >= 0.3 is 0 Å². The lowest BCUT2D eigenvalue weighted by Gasteiger charge is -2.15. The Kier molecular flexibility index (Phi) is 5.43. The Morgan fingerprint density at radius 2 is 1.88 bits per heavy atom. The first-order valence-electron chi connectivity index (χ1n) is 7.76. The first-order chi connectivity index (χ1) is 11.2. The molecule has 1 N–H and O–H groups in total. The third-order valence-corrected chi connectivity index (χ3v) is 4.67. The van der Waals surface area contributed by atoms with Crippen LogP contribution >= 0.6 is 0 Å². The van der Waals surface area contributed by atoms with E-state index in [1.807, 2.05) is 55.8 Å². The van der Waals surface area contributed by atoms with Gasteiger partial charge in [0, 0.05) is 18.4 Å². The van der Waals surface area contributed by atoms with E-state index in [9.17, 15) is 13.2 Å². The van der Waals surface area contributed by atoms with Gasteiger partial charge in [-0.05, 0) is 44.5 Å². The van der Waals surface area contributed by atoms with Gasteiger partial charge in [-0.25, -0.2) is 13.1 Å². The average Bonchev–Trinajstić information content (AvgIpc) is 2.83. The molecule has 1 atom stereocenters. The molecule has 0 unspecified atom stereocenters. The standard InChI is InChI=1S/C17H23N3O3S/c1-12-11-13(2)20(19-12)16-7-5-15(6-8-16)14(3)18-17(21)9-10-24(4,22)23/h5-8,11,14H,9-10H2,1-4H3,(H,18,21)/t14-/m1/s1. The van der Waals surface area contributed by atoms with Crippen LogP contribution in [0.15, 0.2) is 30.3 Å². The number of nitrogens with zero attached hydrogens (tertiary/aromatic N) is 2. The number of rotatable bonds is 6. The second-order valence-corrected chi connectivity index (χ2v) is 8.36. The summed E-state index contributed by atoms with van der Waals surface area (Å²) in [7, 11) is -3.13. The van der Waals surface area contributed by atoms with Crippen molar-refractivity contribution >= 4 is 15.7 Å². The van der Waals surface area contributed by atoms with Crippen LogP contribution in [0.4, 0.5) is 0 Å². The van der Waals surface area contributed by atoms with Crippen molar-refractivity contribution in [3.05, 3.63) is 47.3 Å². The molecule has 2 aromatic rings. The molecule has 0 bridgehead atoms. The van der Waals surface area contributed by atoms with Gasteiger partial charge in [0.1, 0.15) is 9.84 Å². The molecule has 0 radical (unpaired) electrons. The number of benzene rings is 1. The molecule has 0 aliphatic rings. The molecule has 0 spiro atoms. The Hall–Kier alpha value is -2.15. The maximum absolute atomic E-state index is 11.8. The molecule has 0 aliphatic carbocycles. The van der Waals surface area contributed by atoms with Gasteiger partial charge < -0.3 is 5.32 Å². The van der Waals surface area contributed by atoms with Gasteiger partial charge in [0.25, 0.3) is 0 Å². The smallest absolute Gasteiger partial charge is 0.221 e. The number of hydrogen-bond acceptors (Lipinski definition) is 4. The zero-order valence-electron chi connectivity index (χ0n) is 14.4. The average molecular weight is 349 g/mol. The SMILES string of the molecule is Cc1cc(C)n(-c2ccc([C@@H](C)NC(=O)CCS(C)(=O)=O)cc2)n1. The summed E-state index contributed by atoms with van der Waals surface area (Å²) in [5, 5.41) is 7.26. The van der Waals surface area contributed by atoms with Crippen molar-refractivity contribution in [3.63, 3.8) is 0 Å². The van der Waals surface area contributed by atoms with E-state index < -0.39 is 9.84 Å². The van der Waals surface area contributed by atoms with Crippen molar-refractivity contribution in [1.82, 2.24) is 15.1 Å². The highest BCUT2D eigenvalue weighted by atomic mass is 32.2. The molecule has 1 heterocycles. The largest absolute Gasteiger partial charge is 0.350 e. The second kappa shape index (κ2) is 7.17. The third kappa shape index (κ3) is 4.92. The highest BCUT2D eigenvalue weighted by Crippen LogP contribution is 2.17. The van der Waals surface area contributed by atoms with Gasteiger partial charge in [0.05, 0.1) is 23.2 Å². The predicted octanol–water partition coefficient (Wildman–Crippen LogP) is 2.10. The predicted molar refractivity (Wildman–Crippen MR) is 93.9 cm³/mol. The molecule has 6 nitrogen and oxygen atoms in total. The summed E-state index contributed by atoms with van der Waals surface area (Å²) in [5.74, 6) is -0.405. The lowest BCUT2D eigenvalue weighted by molar-refractivity contribution is -0.121. The summed E-state index contributed by atoms with van der Waals surface area (Å²) in [6.07, 6.45) is 1.11. The first kappa shape index (κ1) is 18.2. The maximum Gasteiger partial charge on any atom is 0.221 e. The zero-order chi connectivity index (χ0) is 17.9. The van der Waals surface area contributed by atoms with E-state index in [1.54, 1.807) is 0 Å². The molecule has 24 heavy (non-hydrogen) atoms. The number of sulfone groups is 1. The minimum atomic E-state index is -3.13. The number of nitrogens with one attached hydrogen (secondary N) is 1. The third-order valence-electron chi connectivity index (χ3n) is 3.72. The van der Waals surface area contributed by atoms with Crippen molar-refractivity contribution in [2.24, 2.45) is 0 Å². The number of aromatic nitrogens is 2. The van der Waals surface area contributed by atoms with Crippen LogP contribution in [0, 0.1) is 13.8 Å². The van der Waals surface area contributed by atoms with E-state index in [2.05, 4.69) is 10.4 Å². The van der Waals surface area contributed by atoms with E-state index in [0.717, 1.165) is 28.9 Å². The fourth-order valence-corrected chi connectivity index (χ4v) is 3.03. The monoisotopic (exact) mass is 349 g/mol. The van der Waals surface area contributed by atoms with Crippen molar-refractivity contribution in [1.29, 1.82) is 0 Å². The molecule has 0 saturated carbocycles. The highest BCUT2D eigenvalue weighted by Gasteiger charge is 2.12. The molecule has 1 amide bonds. The Morgan fingerprint density at radius 3 is 2.38 bits per heavy atom. The Morgan fingerprint density at radius 1 is 1.25 bits per heavy atom. The minimum absolute atomic E-state index is 0.0208. The van der Waals surface area contributed by atoms with Gasteiger partial charge in [-0.3, -0.25) is 4.79 Å². The number of carbonyl (C=O) groups is 1. The summed E-state index contributed by atoms with van der Waals surface area (Å²) >= 11 is 0. The van der Waals surface area contributed by atoms with Crippen molar-refractivity contribution < 1.29 is 13.2 Å². The van der Waals surface area contributed by atoms with E-state index in [0.29, 0.717) is 0 Å². The summed E-state index contributed by atoms with van der Waals surface area (Å²) < 4.78 is 24.1. The van der Waals surface area contributed by atoms with E-state index in [4.69, 9.17) is 0 Å². The summed E-state index contributed by atoms with van der Waals surface area (Å²) in [4.78, 5) is 11.8. The van der Waals surface area contributed by atoms with Gasteiger partial charge in [0.2, 0.25) is 5.91 Å². The molecule has 1 aromatic heterocycles. The first-order valence-corrected chi connectivity index (χ1v) is 9.82. The Labute approximate surface area is 142 Å². The minimum Gasteiger partial charge on any atom is -0.350 e. The maximum atomic E-state index is 11.8. The molecule has 130 valence electrons. The second-order valence-electron chi connectivity index (χ2n) is 6.10. The van der Waals surface area contributed by atoms with Crippen LogP contribution in [0.2, 0.25) is 0 Å². The molecule has 7 heteroatoms. The fourth-order valence-electron chi connectivity index (χ4n) is 2.47. The lowest BCUT2D eigenvalue weighted by Crippen LogP contribution is -2.28. The number of hydrogen-bond donors (Lipinski definition) is 1. The van der Waals surface area contributed by atoms with Crippen LogP contribution in [0.3, 0.4) is 0 Å². The number of amides is 1. The van der Waals surface area contributed by atoms with Crippen molar-refractivity contribution in [2.75, 3.05) is 12.0 Å². The molecule has 2 rings (SSSR count). The summed E-state index contributed by atoms with van der Waals surface area (Å²) in [6, 6.07) is 9.60. The van der Waals surface area contributed by atoms with Crippen molar-refractivity contribution in [3.8, 4) is 5.69 Å². The van der Waals surface area contributed by atoms with Crippen LogP contribution in [-0.4, -0.2) is 36.1 Å². The zero-order valence-corrected chi connectivity index (χ0v) is 15.2. The molecular formula is C17H23N3O3S. The molecule has 0 saturated heterocycles. The van der Waals surface area contributed by atoms with E-state index in [-0.39, 0.29) is 24.1 Å². The molecule has 1 aromatic carbocycles. The Bertz CT molecular complexity index is 823. The Balaban J connectivity index is 2.02. The van der Waals surface area contributed by atoms with Gasteiger partial charge in [-0.15, -0.1) is 0 Å². The topological polar surface area (TPSA) is 81.1 Å². The normalized spacial score (nSPS) is 12.8. The summed E-state index contributed by atoms with van der Waals surface area (Å²) in [6.45, 7) is 5.82. The van der Waals surface area contributed by atoms with Crippen LogP contribution in [0.5, 0.6) is 0 Å². The number of aryl methyl sites for hydroxylation is 2. The lowest BCUT2D eigenvalue weighted by atomic mass is 10.1. The fraction of sp³-hybridized carbons (Fsp3) is 0.412. The van der Waals surface area contributed by atoms with Crippen molar-refractivity contribution in [2.45, 2.75) is 33.2 Å². The van der Waals surface area contributed by atoms with E-state index >= 15 is 0 Å². The quantitative estimate of drug-likeness (QED) is 0.866. The van der Waals surface area contributed by atoms with Crippen LogP contribution < -0.4 is 5.32 Å². The molecule has 0 fully saturated rings. The van der Waals surface area contributed by atoms with Crippen LogP contribution in [0.1, 0.15) is 36.3 Å². The van der Waals surface area contributed by atoms with Gasteiger partial charge in [-0.1, -0.05) is 12.1 Å². The summed E-state index contributed by atoms with van der Waals surface area (Å²) in [5.41, 5.74) is 3.93. The number of carbonyl (C=O) groups excluding carboxylic acids is 1. The van der Waals surface area contributed by atoms with E-state index in [1.165, 1.54) is 0 Å². The van der Waals surface area contributed by atoms with Crippen LogP contribution in [-0.2, 0) is 14.6 Å². The molecular weight excluding hydrogens is 326 g/mol.